The number of aryl methyl sites for hydroxylation is 2. The largest absolute Gasteiger partial charge is 0.573 e. The Labute approximate surface area is 264 Å². The number of anilines is 1. The van der Waals surface area contributed by atoms with E-state index in [-0.39, 0.29) is 5.75 Å². The molecule has 1 fully saturated rings. The maximum Gasteiger partial charge on any atom is 0.573 e. The first kappa shape index (κ1) is 32.0. The van der Waals surface area contributed by atoms with E-state index in [4.69, 9.17) is 0 Å². The van der Waals surface area contributed by atoms with E-state index >= 15 is 0 Å². The van der Waals surface area contributed by atoms with E-state index in [2.05, 4.69) is 61.8 Å². The van der Waals surface area contributed by atoms with Crippen LogP contribution >= 0.6 is 11.8 Å². The minimum absolute atomic E-state index is 0.312. The number of aliphatic imine (C=N–C) groups is 2. The Kier molecular flexibility index (Phi) is 10.0. The Morgan fingerprint density at radius 3 is 2.53 bits per heavy atom. The summed E-state index contributed by atoms with van der Waals surface area (Å²) in [5.74, 6) is 1.05. The molecule has 0 bridgehead atoms. The predicted molar refractivity (Wildman–Crippen MR) is 173 cm³/mol. The number of hydrogen-bond donors (Lipinski definition) is 0. The summed E-state index contributed by atoms with van der Waals surface area (Å²) in [6.45, 7) is 6.86. The number of rotatable bonds is 8. The molecule has 1 aromatic heterocycles. The van der Waals surface area contributed by atoms with Crippen LogP contribution in [0.5, 0.6) is 5.75 Å². The third kappa shape index (κ3) is 8.59. The third-order valence-electron chi connectivity index (χ3n) is 7.02. The number of benzene rings is 3. The Hall–Kier alpha value is -4.45. The first-order valence-corrected chi connectivity index (χ1v) is 15.6. The molecular weight excluding hydrogens is 601 g/mol. The SMILES string of the molecule is CCCc1ccc(C)cc1N1CCCSC1=NC(=O)N=C(C)Cc1ccc(-c2ncn(-c3ccc(OC(F)(F)F)cc3)n2)cc1. The Bertz CT molecular complexity index is 1700. The smallest absolute Gasteiger partial charge is 0.406 e. The molecule has 1 saturated heterocycles. The number of alkyl halides is 3. The van der Waals surface area contributed by atoms with Crippen LogP contribution in [0.25, 0.3) is 17.1 Å². The average Bonchev–Trinajstić information content (AvgIpc) is 3.49. The van der Waals surface area contributed by atoms with E-state index in [1.54, 1.807) is 11.8 Å². The van der Waals surface area contributed by atoms with Gasteiger partial charge in [0.15, 0.2) is 11.0 Å². The highest BCUT2D eigenvalue weighted by atomic mass is 32.2. The highest BCUT2D eigenvalue weighted by Crippen LogP contribution is 2.30. The normalized spacial score (nSPS) is 15.0. The van der Waals surface area contributed by atoms with Crippen molar-refractivity contribution in [2.24, 2.45) is 9.98 Å². The molecule has 0 aliphatic carbocycles. The molecule has 0 atom stereocenters. The number of amides is 2. The van der Waals surface area contributed by atoms with Gasteiger partial charge in [0.2, 0.25) is 0 Å². The molecule has 2 heterocycles. The number of aromatic nitrogens is 3. The second-order valence-corrected chi connectivity index (χ2v) is 11.8. The number of hydrogen-bond acceptors (Lipinski definition) is 5. The van der Waals surface area contributed by atoms with Crippen molar-refractivity contribution in [2.45, 2.75) is 52.8 Å². The lowest BCUT2D eigenvalue weighted by Gasteiger charge is -2.31. The van der Waals surface area contributed by atoms with Crippen LogP contribution in [-0.2, 0) is 12.8 Å². The van der Waals surface area contributed by atoms with Crippen LogP contribution < -0.4 is 9.64 Å². The average molecular weight is 635 g/mol. The van der Waals surface area contributed by atoms with Gasteiger partial charge in [-0.05, 0) is 73.7 Å². The predicted octanol–water partition coefficient (Wildman–Crippen LogP) is 8.22. The zero-order valence-corrected chi connectivity index (χ0v) is 26.0. The molecule has 0 spiro atoms. The molecule has 0 radical (unpaired) electrons. The molecule has 2 amide bonds. The number of carbonyl (C=O) groups excluding carboxylic acids is 1. The van der Waals surface area contributed by atoms with Gasteiger partial charge in [0.25, 0.3) is 0 Å². The monoisotopic (exact) mass is 634 g/mol. The molecule has 4 aromatic rings. The summed E-state index contributed by atoms with van der Waals surface area (Å²) < 4.78 is 42.7. The van der Waals surface area contributed by atoms with Crippen LogP contribution in [0.2, 0.25) is 0 Å². The molecule has 8 nitrogen and oxygen atoms in total. The molecule has 0 saturated carbocycles. The van der Waals surface area contributed by atoms with Crippen molar-refractivity contribution < 1.29 is 22.7 Å². The fourth-order valence-electron chi connectivity index (χ4n) is 4.98. The highest BCUT2D eigenvalue weighted by molar-refractivity contribution is 8.14. The number of urea groups is 1. The van der Waals surface area contributed by atoms with Crippen molar-refractivity contribution in [3.05, 3.63) is 89.7 Å². The standard InChI is InChI=1S/C33H33F3N6O2S/c1-4-6-25-10-7-22(2)19-29(25)41-17-5-18-45-32(41)39-31(43)38-23(3)20-24-8-11-26(12-9-24)30-37-21-42(40-30)27-13-15-28(16-14-27)44-33(34,35)36/h7-16,19,21H,4-6,17-18,20H2,1-3H3. The molecule has 1 aliphatic heterocycles. The zero-order chi connectivity index (χ0) is 32.0. The number of ether oxygens (including phenoxy) is 1. The van der Waals surface area contributed by atoms with Crippen LogP contribution in [0.3, 0.4) is 0 Å². The van der Waals surface area contributed by atoms with E-state index < -0.39 is 12.4 Å². The minimum atomic E-state index is -4.75. The summed E-state index contributed by atoms with van der Waals surface area (Å²) in [5.41, 5.74) is 6.44. The molecular formula is C33H33F3N6O2S. The Balaban J connectivity index is 1.24. The first-order valence-electron chi connectivity index (χ1n) is 14.6. The van der Waals surface area contributed by atoms with Gasteiger partial charge in [-0.3, -0.25) is 0 Å². The summed E-state index contributed by atoms with van der Waals surface area (Å²) >= 11 is 1.59. The second kappa shape index (κ2) is 14.1. The number of halogens is 3. The van der Waals surface area contributed by atoms with E-state index in [9.17, 15) is 18.0 Å². The van der Waals surface area contributed by atoms with Gasteiger partial charge < -0.3 is 9.64 Å². The van der Waals surface area contributed by atoms with Crippen LogP contribution in [0.15, 0.2) is 83.0 Å². The second-order valence-electron chi connectivity index (χ2n) is 10.7. The minimum Gasteiger partial charge on any atom is -0.406 e. The van der Waals surface area contributed by atoms with Gasteiger partial charge >= 0.3 is 12.4 Å². The van der Waals surface area contributed by atoms with Crippen molar-refractivity contribution >= 4 is 34.4 Å². The van der Waals surface area contributed by atoms with Gasteiger partial charge in [-0.2, -0.15) is 4.99 Å². The van der Waals surface area contributed by atoms with Crippen LogP contribution in [0.1, 0.15) is 43.4 Å². The number of thioether (sulfide) groups is 1. The quantitative estimate of drug-likeness (QED) is 0.182. The molecule has 0 unspecified atom stereocenters. The zero-order valence-electron chi connectivity index (χ0n) is 25.2. The van der Waals surface area contributed by atoms with Crippen molar-refractivity contribution in [1.29, 1.82) is 0 Å². The van der Waals surface area contributed by atoms with Crippen molar-refractivity contribution in [1.82, 2.24) is 14.8 Å². The summed E-state index contributed by atoms with van der Waals surface area (Å²) in [6.07, 6.45) is 0.221. The maximum absolute atomic E-state index is 12.9. The van der Waals surface area contributed by atoms with Gasteiger partial charge in [-0.25, -0.2) is 19.5 Å². The summed E-state index contributed by atoms with van der Waals surface area (Å²) in [7, 11) is 0. The molecule has 45 heavy (non-hydrogen) atoms. The lowest BCUT2D eigenvalue weighted by atomic mass is 10.0. The van der Waals surface area contributed by atoms with E-state index in [1.807, 2.05) is 31.2 Å². The highest BCUT2D eigenvalue weighted by Gasteiger charge is 2.31. The molecule has 3 aromatic carbocycles. The maximum atomic E-state index is 12.9. The van der Waals surface area contributed by atoms with E-state index in [1.165, 1.54) is 46.4 Å². The lowest BCUT2D eigenvalue weighted by molar-refractivity contribution is -0.274. The number of amidine groups is 1. The summed E-state index contributed by atoms with van der Waals surface area (Å²) in [5, 5.41) is 5.13. The fraction of sp³-hybridized carbons (Fsp3) is 0.303. The van der Waals surface area contributed by atoms with Crippen molar-refractivity contribution in [3.8, 4) is 22.8 Å². The molecule has 12 heteroatoms. The topological polar surface area (TPSA) is 85.0 Å². The van der Waals surface area contributed by atoms with Gasteiger partial charge in [0.1, 0.15) is 12.1 Å². The van der Waals surface area contributed by atoms with Gasteiger partial charge in [-0.1, -0.05) is 61.5 Å². The van der Waals surface area contributed by atoms with Crippen LogP contribution in [0.4, 0.5) is 23.7 Å². The van der Waals surface area contributed by atoms with Crippen LogP contribution in [-0.4, -0.2) is 50.3 Å². The molecule has 0 N–H and O–H groups in total. The van der Waals surface area contributed by atoms with Gasteiger partial charge in [0.05, 0.1) is 5.69 Å². The molecule has 1 aliphatic rings. The molecule has 5 rings (SSSR count). The van der Waals surface area contributed by atoms with E-state index in [0.717, 1.165) is 48.4 Å². The number of carbonyl (C=O) groups is 1. The van der Waals surface area contributed by atoms with Crippen molar-refractivity contribution in [3.63, 3.8) is 0 Å². The summed E-state index contributed by atoms with van der Waals surface area (Å²) in [4.78, 5) is 28.1. The fourth-order valence-corrected chi connectivity index (χ4v) is 5.92. The Morgan fingerprint density at radius 1 is 1.07 bits per heavy atom. The first-order chi connectivity index (χ1) is 21.6. The van der Waals surface area contributed by atoms with Gasteiger partial charge in [-0.15, -0.1) is 18.3 Å². The van der Waals surface area contributed by atoms with E-state index in [0.29, 0.717) is 28.8 Å². The molecule has 234 valence electrons. The summed E-state index contributed by atoms with van der Waals surface area (Å²) in [6, 6.07) is 18.9. The van der Waals surface area contributed by atoms with Crippen LogP contribution in [0, 0.1) is 6.92 Å². The van der Waals surface area contributed by atoms with Crippen molar-refractivity contribution in [2.75, 3.05) is 17.2 Å². The third-order valence-corrected chi connectivity index (χ3v) is 8.08. The van der Waals surface area contributed by atoms with Gasteiger partial charge in [0, 0.05) is 35.7 Å². The number of nitrogens with zero attached hydrogens (tertiary/aromatic N) is 6. The Morgan fingerprint density at radius 2 is 1.82 bits per heavy atom. The lowest BCUT2D eigenvalue weighted by Crippen LogP contribution is -2.35.